The molecule has 3 rings (SSSR count). The maximum absolute atomic E-state index is 9.00. The molecule has 0 aliphatic heterocycles. The van der Waals surface area contributed by atoms with Crippen molar-refractivity contribution in [2.75, 3.05) is 0 Å². The summed E-state index contributed by atoms with van der Waals surface area (Å²) in [5.41, 5.74) is 3.11. The molecule has 94 valence electrons. The Hall–Kier alpha value is -2.34. The quantitative estimate of drug-likeness (QED) is 0.817. The molecule has 0 fully saturated rings. The van der Waals surface area contributed by atoms with Gasteiger partial charge in [-0.15, -0.1) is 0 Å². The molecule has 0 unspecified atom stereocenters. The topological polar surface area (TPSA) is 45.9 Å². The van der Waals surface area contributed by atoms with E-state index in [-0.39, 0.29) is 0 Å². The fourth-order valence-corrected chi connectivity index (χ4v) is 2.46. The molecule has 1 aromatic heterocycles. The van der Waals surface area contributed by atoms with E-state index in [1.165, 1.54) is 24.0 Å². The molecule has 1 aliphatic rings. The summed E-state index contributed by atoms with van der Waals surface area (Å²) >= 11 is 0. The number of nitrogens with zero attached hydrogens (tertiary/aromatic N) is 2. The molecular formula is C16H14N2O. The predicted octanol–water partition coefficient (Wildman–Crippen LogP) is 3.62. The minimum Gasteiger partial charge on any atom is -0.454 e. The van der Waals surface area contributed by atoms with E-state index in [0.29, 0.717) is 11.4 Å². The molecule has 0 spiro atoms. The van der Waals surface area contributed by atoms with Crippen LogP contribution in [-0.2, 0) is 12.8 Å². The fourth-order valence-electron chi connectivity index (χ4n) is 2.46. The van der Waals surface area contributed by atoms with Crippen LogP contribution in [0.4, 0.5) is 0 Å². The van der Waals surface area contributed by atoms with Crippen LogP contribution in [0.3, 0.4) is 0 Å². The van der Waals surface area contributed by atoms with Crippen LogP contribution in [0.2, 0.25) is 0 Å². The largest absolute Gasteiger partial charge is 0.454 e. The van der Waals surface area contributed by atoms with Gasteiger partial charge in [-0.05, 0) is 61.1 Å². The lowest BCUT2D eigenvalue weighted by molar-refractivity contribution is 0.476. The molecule has 1 heterocycles. The highest BCUT2D eigenvalue weighted by Crippen LogP contribution is 2.29. The zero-order valence-electron chi connectivity index (χ0n) is 10.6. The molecule has 0 amide bonds. The number of ether oxygens (including phenoxy) is 1. The van der Waals surface area contributed by atoms with Crippen LogP contribution < -0.4 is 4.74 Å². The highest BCUT2D eigenvalue weighted by Gasteiger charge is 2.11. The van der Waals surface area contributed by atoms with Crippen molar-refractivity contribution >= 4 is 0 Å². The van der Waals surface area contributed by atoms with Crippen molar-refractivity contribution in [3.63, 3.8) is 0 Å². The molecule has 3 nitrogen and oxygen atoms in total. The number of aromatic nitrogens is 1. The third-order valence-electron chi connectivity index (χ3n) is 3.42. The zero-order chi connectivity index (χ0) is 13.1. The van der Waals surface area contributed by atoms with E-state index in [2.05, 4.69) is 17.1 Å². The second-order valence-corrected chi connectivity index (χ2v) is 4.70. The van der Waals surface area contributed by atoms with Crippen molar-refractivity contribution in [1.82, 2.24) is 4.98 Å². The van der Waals surface area contributed by atoms with Crippen molar-refractivity contribution in [3.05, 3.63) is 53.3 Å². The Morgan fingerprint density at radius 2 is 1.95 bits per heavy atom. The first-order chi connectivity index (χ1) is 9.36. The van der Waals surface area contributed by atoms with Crippen LogP contribution in [0.5, 0.6) is 11.5 Å². The van der Waals surface area contributed by atoms with Crippen molar-refractivity contribution < 1.29 is 4.74 Å². The van der Waals surface area contributed by atoms with E-state index in [1.807, 2.05) is 12.1 Å². The average Bonchev–Trinajstić information content (AvgIpc) is 2.48. The molecule has 0 bridgehead atoms. The Morgan fingerprint density at radius 1 is 1.11 bits per heavy atom. The number of hydrogen-bond acceptors (Lipinski definition) is 3. The number of benzene rings is 1. The maximum Gasteiger partial charge on any atom is 0.183 e. The smallest absolute Gasteiger partial charge is 0.183 e. The van der Waals surface area contributed by atoms with Crippen LogP contribution in [0.1, 0.15) is 29.7 Å². The van der Waals surface area contributed by atoms with Crippen LogP contribution in [0.15, 0.2) is 36.5 Å². The summed E-state index contributed by atoms with van der Waals surface area (Å²) in [5.74, 6) is 1.30. The SMILES string of the molecule is N#Cc1ncccc1Oc1ccc2c(c1)CCCC2. The molecule has 1 aliphatic carbocycles. The van der Waals surface area contributed by atoms with Crippen molar-refractivity contribution in [2.24, 2.45) is 0 Å². The summed E-state index contributed by atoms with van der Waals surface area (Å²) in [6.45, 7) is 0. The van der Waals surface area contributed by atoms with Crippen molar-refractivity contribution in [3.8, 4) is 17.6 Å². The van der Waals surface area contributed by atoms with Gasteiger partial charge in [0.25, 0.3) is 0 Å². The van der Waals surface area contributed by atoms with Gasteiger partial charge in [-0.2, -0.15) is 5.26 Å². The minimum atomic E-state index is 0.320. The number of pyridine rings is 1. The maximum atomic E-state index is 9.00. The molecule has 0 atom stereocenters. The fraction of sp³-hybridized carbons (Fsp3) is 0.250. The van der Waals surface area contributed by atoms with Crippen molar-refractivity contribution in [2.45, 2.75) is 25.7 Å². The lowest BCUT2D eigenvalue weighted by Crippen LogP contribution is -2.02. The number of aryl methyl sites for hydroxylation is 2. The monoisotopic (exact) mass is 250 g/mol. The first-order valence-electron chi connectivity index (χ1n) is 6.51. The van der Waals surface area contributed by atoms with Gasteiger partial charge in [-0.3, -0.25) is 0 Å². The number of hydrogen-bond donors (Lipinski definition) is 0. The van der Waals surface area contributed by atoms with E-state index >= 15 is 0 Å². The van der Waals surface area contributed by atoms with Crippen LogP contribution in [-0.4, -0.2) is 4.98 Å². The first-order valence-corrected chi connectivity index (χ1v) is 6.51. The van der Waals surface area contributed by atoms with E-state index in [4.69, 9.17) is 10.00 Å². The Bertz CT molecular complexity index is 643. The van der Waals surface area contributed by atoms with E-state index in [0.717, 1.165) is 18.6 Å². The summed E-state index contributed by atoms with van der Waals surface area (Å²) in [5, 5.41) is 9.00. The Morgan fingerprint density at radius 3 is 2.79 bits per heavy atom. The van der Waals surface area contributed by atoms with Gasteiger partial charge in [0, 0.05) is 6.20 Å². The Balaban J connectivity index is 1.89. The summed E-state index contributed by atoms with van der Waals surface area (Å²) in [4.78, 5) is 3.99. The van der Waals surface area contributed by atoms with E-state index < -0.39 is 0 Å². The van der Waals surface area contributed by atoms with Gasteiger partial charge in [-0.1, -0.05) is 6.07 Å². The first kappa shape index (κ1) is 11.7. The second kappa shape index (κ2) is 5.11. The van der Waals surface area contributed by atoms with Crippen LogP contribution in [0, 0.1) is 11.3 Å². The molecular weight excluding hydrogens is 236 g/mol. The third kappa shape index (κ3) is 2.43. The van der Waals surface area contributed by atoms with E-state index in [1.54, 1.807) is 18.3 Å². The van der Waals surface area contributed by atoms with Gasteiger partial charge < -0.3 is 4.74 Å². The highest BCUT2D eigenvalue weighted by atomic mass is 16.5. The molecule has 3 heteroatoms. The van der Waals surface area contributed by atoms with Gasteiger partial charge in [0.05, 0.1) is 0 Å². The molecule has 0 radical (unpaired) electrons. The van der Waals surface area contributed by atoms with Gasteiger partial charge in [0.1, 0.15) is 11.8 Å². The average molecular weight is 250 g/mol. The molecule has 0 saturated carbocycles. The Labute approximate surface area is 112 Å². The van der Waals surface area contributed by atoms with Gasteiger partial charge in [-0.25, -0.2) is 4.98 Å². The predicted molar refractivity (Wildman–Crippen MR) is 72.1 cm³/mol. The number of fused-ring (bicyclic) bond motifs is 1. The Kier molecular flexibility index (Phi) is 3.16. The highest BCUT2D eigenvalue weighted by molar-refractivity contribution is 5.43. The number of nitriles is 1. The van der Waals surface area contributed by atoms with Gasteiger partial charge in [0.15, 0.2) is 11.4 Å². The zero-order valence-corrected chi connectivity index (χ0v) is 10.6. The van der Waals surface area contributed by atoms with Gasteiger partial charge in [0.2, 0.25) is 0 Å². The summed E-state index contributed by atoms with van der Waals surface area (Å²) < 4.78 is 5.78. The van der Waals surface area contributed by atoms with Crippen LogP contribution >= 0.6 is 0 Å². The third-order valence-corrected chi connectivity index (χ3v) is 3.42. The summed E-state index contributed by atoms with van der Waals surface area (Å²) in [6, 6.07) is 11.8. The molecule has 0 saturated heterocycles. The summed E-state index contributed by atoms with van der Waals surface area (Å²) in [7, 11) is 0. The molecule has 1 aromatic carbocycles. The normalized spacial score (nSPS) is 13.4. The second-order valence-electron chi connectivity index (χ2n) is 4.70. The molecule has 19 heavy (non-hydrogen) atoms. The van der Waals surface area contributed by atoms with Gasteiger partial charge >= 0.3 is 0 Å². The number of rotatable bonds is 2. The lowest BCUT2D eigenvalue weighted by Gasteiger charge is -2.16. The van der Waals surface area contributed by atoms with E-state index in [9.17, 15) is 0 Å². The molecule has 0 N–H and O–H groups in total. The standard InChI is InChI=1S/C16H14N2O/c17-11-15-16(6-3-9-18-15)19-14-8-7-12-4-1-2-5-13(12)10-14/h3,6-10H,1-2,4-5H2. The van der Waals surface area contributed by atoms with Crippen molar-refractivity contribution in [1.29, 1.82) is 5.26 Å². The van der Waals surface area contributed by atoms with Crippen LogP contribution in [0.25, 0.3) is 0 Å². The lowest BCUT2D eigenvalue weighted by atomic mass is 9.92. The summed E-state index contributed by atoms with van der Waals surface area (Å²) in [6.07, 6.45) is 6.39. The molecule has 2 aromatic rings. The minimum absolute atomic E-state index is 0.320.